The first-order valence-electron chi connectivity index (χ1n) is 4.21. The molecule has 0 amide bonds. The second-order valence-electron chi connectivity index (χ2n) is 1.28. The second kappa shape index (κ2) is 1.54. The predicted molar refractivity (Wildman–Crippen MR) is 26.4 cm³/mol. The maximum atomic E-state index is 10.6. The third-order valence-electron chi connectivity index (χ3n) is 0.616. The molecule has 1 aliphatic rings. The molecule has 0 saturated carbocycles. The lowest BCUT2D eigenvalue weighted by atomic mass is 10.6. The van der Waals surface area contributed by atoms with Crippen molar-refractivity contribution < 1.29 is 25.9 Å². The Morgan fingerprint density at radius 3 is 2.75 bits per heavy atom. The standard InChI is InChI=1S/C3H7O4P/c1-2-3(7-2)8(4,5)6/h2-3H,1H3,(H2,4,5,6)/t2-,3+/m1/s1/i1D3,2D,3D. The van der Waals surface area contributed by atoms with Crippen molar-refractivity contribution in [2.75, 3.05) is 0 Å². The van der Waals surface area contributed by atoms with Gasteiger partial charge in [0.1, 0.15) is 0 Å². The van der Waals surface area contributed by atoms with Crippen LogP contribution in [-0.2, 0) is 9.30 Å². The molecule has 0 aromatic rings. The van der Waals surface area contributed by atoms with Crippen molar-refractivity contribution in [2.24, 2.45) is 0 Å². The fourth-order valence-corrected chi connectivity index (χ4v) is 0.738. The first-order valence-corrected chi connectivity index (χ1v) is 3.33. The topological polar surface area (TPSA) is 70.1 Å². The van der Waals surface area contributed by atoms with Crippen molar-refractivity contribution in [3.63, 3.8) is 0 Å². The summed E-state index contributed by atoms with van der Waals surface area (Å²) in [5, 5.41) is 0. The van der Waals surface area contributed by atoms with Crippen LogP contribution in [-0.4, -0.2) is 21.7 Å². The van der Waals surface area contributed by atoms with Crippen molar-refractivity contribution in [2.45, 2.75) is 18.8 Å². The fraction of sp³-hybridized carbons (Fsp3) is 1.00. The smallest absolute Gasteiger partial charge is 0.356 e. The van der Waals surface area contributed by atoms with Gasteiger partial charge in [0, 0.05) is 4.11 Å². The molecule has 4 nitrogen and oxygen atoms in total. The van der Waals surface area contributed by atoms with E-state index in [9.17, 15) is 4.57 Å². The lowest BCUT2D eigenvalue weighted by molar-refractivity contribution is 0.333. The highest BCUT2D eigenvalue weighted by Crippen LogP contribution is 2.52. The third kappa shape index (κ3) is 1.09. The molecule has 1 rings (SSSR count). The van der Waals surface area contributed by atoms with Crippen molar-refractivity contribution in [1.29, 1.82) is 0 Å². The van der Waals surface area contributed by atoms with Gasteiger partial charge in [-0.2, -0.15) is 0 Å². The lowest BCUT2D eigenvalue weighted by Gasteiger charge is -1.93. The Kier molecular flexibility index (Phi) is 0.460. The highest BCUT2D eigenvalue weighted by molar-refractivity contribution is 7.52. The van der Waals surface area contributed by atoms with Crippen LogP contribution in [0.5, 0.6) is 0 Å². The summed E-state index contributed by atoms with van der Waals surface area (Å²) >= 11 is 0. The molecule has 5 heteroatoms. The van der Waals surface area contributed by atoms with Gasteiger partial charge in [-0.1, -0.05) is 0 Å². The van der Waals surface area contributed by atoms with Gasteiger partial charge in [0.25, 0.3) is 0 Å². The van der Waals surface area contributed by atoms with Gasteiger partial charge < -0.3 is 14.5 Å². The first-order chi connectivity index (χ1) is 5.46. The number of epoxide rings is 1. The van der Waals surface area contributed by atoms with E-state index in [1.54, 1.807) is 0 Å². The maximum Gasteiger partial charge on any atom is 0.356 e. The van der Waals surface area contributed by atoms with Crippen LogP contribution in [0.3, 0.4) is 0 Å². The predicted octanol–water partition coefficient (Wildman–Crippen LogP) is -0.0911. The van der Waals surface area contributed by atoms with Gasteiger partial charge >= 0.3 is 7.60 Å². The Bertz CT molecular complexity index is 284. The normalized spacial score (nSPS) is 66.5. The van der Waals surface area contributed by atoms with E-state index in [2.05, 4.69) is 4.74 Å². The van der Waals surface area contributed by atoms with Gasteiger partial charge in [0.15, 0.2) is 5.82 Å². The highest BCUT2D eigenvalue weighted by Gasteiger charge is 2.48. The minimum Gasteiger partial charge on any atom is -0.356 e. The van der Waals surface area contributed by atoms with Gasteiger partial charge in [-0.15, -0.1) is 0 Å². The van der Waals surface area contributed by atoms with Crippen molar-refractivity contribution in [3.8, 4) is 0 Å². The molecule has 0 spiro atoms. The quantitative estimate of drug-likeness (QED) is 0.397. The summed E-state index contributed by atoms with van der Waals surface area (Å²) in [4.78, 5) is 17.1. The van der Waals surface area contributed by atoms with Crippen molar-refractivity contribution in [1.82, 2.24) is 0 Å². The van der Waals surface area contributed by atoms with Crippen LogP contribution in [0.2, 0.25) is 0 Å². The number of hydrogen-bond acceptors (Lipinski definition) is 2. The molecule has 8 heavy (non-hydrogen) atoms. The monoisotopic (exact) mass is 143 g/mol. The highest BCUT2D eigenvalue weighted by atomic mass is 31.2. The molecular formula is C3H7O4P. The van der Waals surface area contributed by atoms with E-state index in [1.807, 2.05) is 0 Å². The van der Waals surface area contributed by atoms with E-state index in [4.69, 9.17) is 16.6 Å². The SMILES string of the molecule is [2H]C([2H])([2H])[C@@]1([2H])O[C@@]1([2H])P(=O)(O)O. The number of ether oxygens (including phenoxy) is 1. The van der Waals surface area contributed by atoms with E-state index < -0.39 is 26.3 Å². The molecular weight excluding hydrogens is 131 g/mol. The van der Waals surface area contributed by atoms with Crippen LogP contribution in [0.4, 0.5) is 0 Å². The van der Waals surface area contributed by atoms with Crippen LogP contribution >= 0.6 is 7.60 Å². The Hall–Kier alpha value is 0.110. The average Bonchev–Trinajstić information content (AvgIpc) is 2.34. The zero-order chi connectivity index (χ0) is 10.7. The van der Waals surface area contributed by atoms with E-state index in [0.717, 1.165) is 0 Å². The Balaban J connectivity index is 3.02. The van der Waals surface area contributed by atoms with Gasteiger partial charge in [-0.25, -0.2) is 0 Å². The van der Waals surface area contributed by atoms with E-state index >= 15 is 0 Å². The molecule has 0 aromatic heterocycles. The molecule has 1 fully saturated rings. The molecule has 0 radical (unpaired) electrons. The molecule has 0 unspecified atom stereocenters. The van der Waals surface area contributed by atoms with Crippen LogP contribution in [0.1, 0.15) is 13.7 Å². The number of hydrogen-bond donors (Lipinski definition) is 2. The summed E-state index contributed by atoms with van der Waals surface area (Å²) in [6.45, 7) is -3.05. The second-order valence-corrected chi connectivity index (χ2v) is 2.77. The fourth-order valence-electron chi connectivity index (χ4n) is 0.263. The zero-order valence-corrected chi connectivity index (χ0v) is 4.55. The van der Waals surface area contributed by atoms with Crippen LogP contribution < -0.4 is 0 Å². The molecule has 48 valence electrons. The lowest BCUT2D eigenvalue weighted by Crippen LogP contribution is -1.89. The zero-order valence-electron chi connectivity index (χ0n) is 8.66. The van der Waals surface area contributed by atoms with Gasteiger partial charge in [-0.05, 0) is 6.85 Å². The number of rotatable bonds is 1. The van der Waals surface area contributed by atoms with E-state index in [1.165, 1.54) is 0 Å². The maximum absolute atomic E-state index is 10.6. The van der Waals surface area contributed by atoms with Gasteiger partial charge in [0.05, 0.1) is 8.82 Å². The summed E-state index contributed by atoms with van der Waals surface area (Å²) in [5.74, 6) is -2.95. The van der Waals surface area contributed by atoms with Crippen LogP contribution in [0.15, 0.2) is 0 Å². The van der Waals surface area contributed by atoms with Crippen LogP contribution in [0, 0.1) is 0 Å². The molecule has 1 saturated heterocycles. The van der Waals surface area contributed by atoms with E-state index in [0.29, 0.717) is 0 Å². The van der Waals surface area contributed by atoms with Gasteiger partial charge in [0.2, 0.25) is 0 Å². The first kappa shape index (κ1) is 2.39. The summed E-state index contributed by atoms with van der Waals surface area (Å²) < 4.78 is 48.8. The minimum atomic E-state index is -5.06. The summed E-state index contributed by atoms with van der Waals surface area (Å²) in [5.41, 5.74) is 0. The van der Waals surface area contributed by atoms with E-state index in [-0.39, 0.29) is 0 Å². The molecule has 1 heterocycles. The summed E-state index contributed by atoms with van der Waals surface area (Å²) in [6.07, 6.45) is -2.82. The molecule has 0 aromatic carbocycles. The Morgan fingerprint density at radius 2 is 2.62 bits per heavy atom. The molecule has 0 aliphatic carbocycles. The average molecular weight is 143 g/mol. The summed E-state index contributed by atoms with van der Waals surface area (Å²) in [7, 11) is -5.06. The Morgan fingerprint density at radius 1 is 2.00 bits per heavy atom. The molecule has 2 N–H and O–H groups in total. The summed E-state index contributed by atoms with van der Waals surface area (Å²) in [6, 6.07) is 0. The Labute approximate surface area is 53.7 Å². The van der Waals surface area contributed by atoms with Gasteiger partial charge in [-0.3, -0.25) is 4.57 Å². The third-order valence-corrected chi connectivity index (χ3v) is 1.44. The largest absolute Gasteiger partial charge is 0.356 e. The van der Waals surface area contributed by atoms with Crippen LogP contribution in [0.25, 0.3) is 0 Å². The molecule has 0 bridgehead atoms. The van der Waals surface area contributed by atoms with Crippen molar-refractivity contribution >= 4 is 7.60 Å². The van der Waals surface area contributed by atoms with Crippen molar-refractivity contribution in [3.05, 3.63) is 0 Å². The molecule has 2 atom stereocenters. The minimum absolute atomic E-state index is 2.82. The molecule has 1 aliphatic heterocycles.